The van der Waals surface area contributed by atoms with Gasteiger partial charge in [0.25, 0.3) is 0 Å². The first-order chi connectivity index (χ1) is 6.66. The van der Waals surface area contributed by atoms with Crippen LogP contribution >= 0.6 is 27.3 Å². The van der Waals surface area contributed by atoms with Crippen LogP contribution in [0, 0.1) is 6.92 Å². The van der Waals surface area contributed by atoms with E-state index in [4.69, 9.17) is 5.73 Å². The number of nitrogen functional groups attached to an aromatic ring is 1. The SMILES string of the molecule is Cc1ccc(Br)c(-c2cnc(N)s2)c1. The maximum absolute atomic E-state index is 5.60. The van der Waals surface area contributed by atoms with Gasteiger partial charge in [-0.05, 0) is 19.1 Å². The fourth-order valence-corrected chi connectivity index (χ4v) is 2.55. The zero-order chi connectivity index (χ0) is 10.1. The van der Waals surface area contributed by atoms with E-state index < -0.39 is 0 Å². The van der Waals surface area contributed by atoms with E-state index in [0.717, 1.165) is 14.9 Å². The first-order valence-corrected chi connectivity index (χ1v) is 5.75. The average Bonchev–Trinajstić information content (AvgIpc) is 2.56. The third-order valence-electron chi connectivity index (χ3n) is 1.91. The van der Waals surface area contributed by atoms with Gasteiger partial charge in [0.2, 0.25) is 0 Å². The Hall–Kier alpha value is -0.870. The summed E-state index contributed by atoms with van der Waals surface area (Å²) in [7, 11) is 0. The predicted octanol–water partition coefficient (Wildman–Crippen LogP) is 3.46. The third-order valence-corrected chi connectivity index (χ3v) is 3.46. The van der Waals surface area contributed by atoms with Gasteiger partial charge in [0.1, 0.15) is 0 Å². The van der Waals surface area contributed by atoms with Crippen molar-refractivity contribution in [1.29, 1.82) is 0 Å². The van der Waals surface area contributed by atoms with Gasteiger partial charge in [-0.1, -0.05) is 38.9 Å². The van der Waals surface area contributed by atoms with Crippen molar-refractivity contribution in [2.75, 3.05) is 5.73 Å². The monoisotopic (exact) mass is 268 g/mol. The highest BCUT2D eigenvalue weighted by Crippen LogP contribution is 2.33. The van der Waals surface area contributed by atoms with Crippen LogP contribution in [0.15, 0.2) is 28.9 Å². The van der Waals surface area contributed by atoms with Crippen LogP contribution in [0.5, 0.6) is 0 Å². The molecule has 0 saturated carbocycles. The van der Waals surface area contributed by atoms with Gasteiger partial charge in [0.15, 0.2) is 5.13 Å². The molecule has 0 aliphatic heterocycles. The Kier molecular flexibility index (Phi) is 2.56. The molecule has 72 valence electrons. The summed E-state index contributed by atoms with van der Waals surface area (Å²) in [5.41, 5.74) is 7.98. The normalized spacial score (nSPS) is 10.4. The molecule has 2 rings (SSSR count). The molecule has 0 atom stereocenters. The number of aromatic nitrogens is 1. The molecular formula is C10H9BrN2S. The summed E-state index contributed by atoms with van der Waals surface area (Å²) in [6, 6.07) is 6.23. The van der Waals surface area contributed by atoms with Crippen LogP contribution in [0.1, 0.15) is 5.56 Å². The summed E-state index contributed by atoms with van der Waals surface area (Å²) in [4.78, 5) is 5.13. The largest absolute Gasteiger partial charge is 0.375 e. The minimum absolute atomic E-state index is 0.605. The van der Waals surface area contributed by atoms with Gasteiger partial charge in [-0.25, -0.2) is 4.98 Å². The van der Waals surface area contributed by atoms with Crippen molar-refractivity contribution in [2.45, 2.75) is 6.92 Å². The van der Waals surface area contributed by atoms with Crippen molar-refractivity contribution >= 4 is 32.4 Å². The molecule has 0 radical (unpaired) electrons. The van der Waals surface area contributed by atoms with E-state index in [1.54, 1.807) is 6.20 Å². The highest BCUT2D eigenvalue weighted by molar-refractivity contribution is 9.10. The van der Waals surface area contributed by atoms with Gasteiger partial charge in [0.05, 0.1) is 4.88 Å². The van der Waals surface area contributed by atoms with E-state index in [1.807, 2.05) is 6.07 Å². The summed E-state index contributed by atoms with van der Waals surface area (Å²) in [5, 5.41) is 0.605. The maximum atomic E-state index is 5.60. The lowest BCUT2D eigenvalue weighted by Crippen LogP contribution is -1.78. The molecule has 0 fully saturated rings. The molecule has 0 aliphatic carbocycles. The summed E-state index contributed by atoms with van der Waals surface area (Å²) in [6.07, 6.45) is 1.81. The lowest BCUT2D eigenvalue weighted by atomic mass is 10.1. The van der Waals surface area contributed by atoms with E-state index in [-0.39, 0.29) is 0 Å². The molecule has 0 spiro atoms. The molecule has 1 aromatic carbocycles. The molecule has 1 heterocycles. The number of anilines is 1. The van der Waals surface area contributed by atoms with E-state index in [1.165, 1.54) is 16.9 Å². The highest BCUT2D eigenvalue weighted by atomic mass is 79.9. The van der Waals surface area contributed by atoms with Crippen LogP contribution in [0.3, 0.4) is 0 Å². The number of nitrogens with two attached hydrogens (primary N) is 1. The fraction of sp³-hybridized carbons (Fsp3) is 0.100. The molecule has 0 aliphatic rings. The number of thiazole rings is 1. The van der Waals surface area contributed by atoms with E-state index >= 15 is 0 Å². The average molecular weight is 269 g/mol. The number of benzene rings is 1. The molecular weight excluding hydrogens is 260 g/mol. The highest BCUT2D eigenvalue weighted by Gasteiger charge is 2.06. The van der Waals surface area contributed by atoms with Gasteiger partial charge < -0.3 is 5.73 Å². The number of rotatable bonds is 1. The van der Waals surface area contributed by atoms with E-state index in [2.05, 4.69) is 40.0 Å². The zero-order valence-corrected chi connectivity index (χ0v) is 10.0. The van der Waals surface area contributed by atoms with Crippen LogP contribution in [0.2, 0.25) is 0 Å². The van der Waals surface area contributed by atoms with Crippen molar-refractivity contribution in [2.24, 2.45) is 0 Å². The summed E-state index contributed by atoms with van der Waals surface area (Å²) in [5.74, 6) is 0. The number of hydrogen-bond donors (Lipinski definition) is 1. The van der Waals surface area contributed by atoms with Crippen molar-refractivity contribution in [3.8, 4) is 10.4 Å². The van der Waals surface area contributed by atoms with Crippen molar-refractivity contribution in [3.05, 3.63) is 34.4 Å². The van der Waals surface area contributed by atoms with Crippen molar-refractivity contribution < 1.29 is 0 Å². The molecule has 1 aromatic heterocycles. The quantitative estimate of drug-likeness (QED) is 0.861. The van der Waals surface area contributed by atoms with Crippen LogP contribution in [0.4, 0.5) is 5.13 Å². The molecule has 0 bridgehead atoms. The van der Waals surface area contributed by atoms with Crippen molar-refractivity contribution in [1.82, 2.24) is 4.98 Å². The Morgan fingerprint density at radius 3 is 2.86 bits per heavy atom. The summed E-state index contributed by atoms with van der Waals surface area (Å²) in [6.45, 7) is 2.07. The molecule has 2 nitrogen and oxygen atoms in total. The second-order valence-electron chi connectivity index (χ2n) is 3.05. The molecule has 14 heavy (non-hydrogen) atoms. The smallest absolute Gasteiger partial charge is 0.180 e. The number of aryl methyl sites for hydroxylation is 1. The van der Waals surface area contributed by atoms with Crippen LogP contribution in [-0.2, 0) is 0 Å². The Morgan fingerprint density at radius 1 is 1.43 bits per heavy atom. The molecule has 0 unspecified atom stereocenters. The lowest BCUT2D eigenvalue weighted by molar-refractivity contribution is 1.41. The van der Waals surface area contributed by atoms with Gasteiger partial charge in [-0.15, -0.1) is 0 Å². The van der Waals surface area contributed by atoms with Crippen LogP contribution in [-0.4, -0.2) is 4.98 Å². The molecule has 0 saturated heterocycles. The standard InChI is InChI=1S/C10H9BrN2S/c1-6-2-3-8(11)7(4-6)9-5-13-10(12)14-9/h2-5H,1H3,(H2,12,13). The van der Waals surface area contributed by atoms with Gasteiger partial charge in [-0.3, -0.25) is 0 Å². The van der Waals surface area contributed by atoms with Crippen molar-refractivity contribution in [3.63, 3.8) is 0 Å². The zero-order valence-electron chi connectivity index (χ0n) is 7.62. The second-order valence-corrected chi connectivity index (χ2v) is 4.96. The molecule has 2 N–H and O–H groups in total. The summed E-state index contributed by atoms with van der Waals surface area (Å²) >= 11 is 5.01. The second kappa shape index (κ2) is 3.71. The Labute approximate surface area is 94.9 Å². The lowest BCUT2D eigenvalue weighted by Gasteiger charge is -2.01. The number of nitrogens with zero attached hydrogens (tertiary/aromatic N) is 1. The number of halogens is 1. The number of hydrogen-bond acceptors (Lipinski definition) is 3. The Bertz CT molecular complexity index is 465. The van der Waals surface area contributed by atoms with E-state index in [0.29, 0.717) is 5.13 Å². The predicted molar refractivity (Wildman–Crippen MR) is 64.4 cm³/mol. The van der Waals surface area contributed by atoms with E-state index in [9.17, 15) is 0 Å². The molecule has 4 heteroatoms. The molecule has 2 aromatic rings. The summed E-state index contributed by atoms with van der Waals surface area (Å²) < 4.78 is 1.08. The maximum Gasteiger partial charge on any atom is 0.180 e. The fourth-order valence-electron chi connectivity index (χ4n) is 1.24. The minimum Gasteiger partial charge on any atom is -0.375 e. The third kappa shape index (κ3) is 1.81. The minimum atomic E-state index is 0.605. The van der Waals surface area contributed by atoms with Gasteiger partial charge >= 0.3 is 0 Å². The Balaban J connectivity index is 2.55. The topological polar surface area (TPSA) is 38.9 Å². The van der Waals surface area contributed by atoms with Gasteiger partial charge in [-0.2, -0.15) is 0 Å². The Morgan fingerprint density at radius 2 is 2.21 bits per heavy atom. The van der Waals surface area contributed by atoms with Crippen LogP contribution in [0.25, 0.3) is 10.4 Å². The van der Waals surface area contributed by atoms with Gasteiger partial charge in [0, 0.05) is 16.2 Å². The first kappa shape index (κ1) is 9.68. The molecule has 0 amide bonds. The first-order valence-electron chi connectivity index (χ1n) is 4.14. The van der Waals surface area contributed by atoms with Crippen LogP contribution < -0.4 is 5.73 Å².